The molecule has 8 rings (SSSR count). The van der Waals surface area contributed by atoms with E-state index in [1.165, 1.54) is 45.9 Å². The normalized spacial score (nSPS) is 11.5. The van der Waals surface area contributed by atoms with Crippen LogP contribution in [0.4, 0.5) is 0 Å². The fraction of sp³-hybridized carbons (Fsp3) is 0. The molecule has 0 aliphatic heterocycles. The Morgan fingerprint density at radius 3 is 1.90 bits per heavy atom. The molecular weight excluding hydrogens is 523 g/mol. The van der Waals surface area contributed by atoms with Crippen LogP contribution in [0.2, 0.25) is 0 Å². The average Bonchev–Trinajstić information content (AvgIpc) is 3.59. The second-order valence-electron chi connectivity index (χ2n) is 10.0. The zero-order valence-electron chi connectivity index (χ0n) is 21.4. The fourth-order valence-electron chi connectivity index (χ4n) is 5.86. The van der Waals surface area contributed by atoms with Gasteiger partial charge in [0, 0.05) is 51.5 Å². The van der Waals surface area contributed by atoms with E-state index in [4.69, 9.17) is 0 Å². The van der Waals surface area contributed by atoms with Gasteiger partial charge in [-0.3, -0.25) is 0 Å². The summed E-state index contributed by atoms with van der Waals surface area (Å²) in [7, 11) is 0. The highest BCUT2D eigenvalue weighted by molar-refractivity contribution is 7.26. The van der Waals surface area contributed by atoms with E-state index in [0.29, 0.717) is 5.56 Å². The van der Waals surface area contributed by atoms with Crippen molar-refractivity contribution in [2.24, 2.45) is 0 Å². The Kier molecular flexibility index (Phi) is 5.31. The molecule has 0 unspecified atom stereocenters. The Morgan fingerprint density at radius 1 is 0.425 bits per heavy atom. The Morgan fingerprint density at radius 2 is 1.10 bits per heavy atom. The van der Waals surface area contributed by atoms with Gasteiger partial charge in [0.25, 0.3) is 0 Å². The van der Waals surface area contributed by atoms with Crippen LogP contribution in [-0.2, 0) is 0 Å². The number of thiophene rings is 2. The predicted octanol–water partition coefficient (Wildman–Crippen LogP) is 11.3. The van der Waals surface area contributed by atoms with E-state index in [9.17, 15) is 5.26 Å². The molecule has 6 aromatic carbocycles. The SMILES string of the molecule is N#Cc1cc(-c2cccc3c2sc2ccccc23)c(-c2ccc3c(c2)sc2ccccc23)cc1-c1ccccc1. The molecule has 1 nitrogen and oxygen atoms in total. The highest BCUT2D eigenvalue weighted by Gasteiger charge is 2.18. The molecule has 0 radical (unpaired) electrons. The van der Waals surface area contributed by atoms with Crippen LogP contribution in [0, 0.1) is 11.3 Å². The molecule has 0 amide bonds. The van der Waals surface area contributed by atoms with E-state index in [0.717, 1.165) is 27.8 Å². The second-order valence-corrected chi connectivity index (χ2v) is 12.1. The third-order valence-electron chi connectivity index (χ3n) is 7.75. The van der Waals surface area contributed by atoms with Crippen molar-refractivity contribution in [1.82, 2.24) is 0 Å². The fourth-order valence-corrected chi connectivity index (χ4v) is 8.24. The van der Waals surface area contributed by atoms with E-state index in [1.54, 1.807) is 0 Å². The van der Waals surface area contributed by atoms with Crippen molar-refractivity contribution < 1.29 is 0 Å². The van der Waals surface area contributed by atoms with E-state index in [1.807, 2.05) is 40.9 Å². The summed E-state index contributed by atoms with van der Waals surface area (Å²) < 4.78 is 5.11. The number of rotatable bonds is 3. The summed E-state index contributed by atoms with van der Waals surface area (Å²) in [5, 5.41) is 15.4. The zero-order valence-corrected chi connectivity index (χ0v) is 23.0. The van der Waals surface area contributed by atoms with Crippen LogP contribution in [0.3, 0.4) is 0 Å². The summed E-state index contributed by atoms with van der Waals surface area (Å²) in [5.41, 5.74) is 7.26. The first-order chi connectivity index (χ1) is 19.8. The minimum absolute atomic E-state index is 0.686. The molecule has 40 heavy (non-hydrogen) atoms. The monoisotopic (exact) mass is 543 g/mol. The van der Waals surface area contributed by atoms with Gasteiger partial charge in [-0.25, -0.2) is 0 Å². The van der Waals surface area contributed by atoms with Gasteiger partial charge in [0.05, 0.1) is 11.6 Å². The van der Waals surface area contributed by atoms with E-state index >= 15 is 0 Å². The molecule has 0 N–H and O–H groups in total. The zero-order chi connectivity index (χ0) is 26.6. The van der Waals surface area contributed by atoms with Gasteiger partial charge in [-0.2, -0.15) is 5.26 Å². The quantitative estimate of drug-likeness (QED) is 0.217. The lowest BCUT2D eigenvalue weighted by Gasteiger charge is -2.16. The van der Waals surface area contributed by atoms with Gasteiger partial charge >= 0.3 is 0 Å². The van der Waals surface area contributed by atoms with Gasteiger partial charge in [-0.05, 0) is 52.6 Å². The van der Waals surface area contributed by atoms with Gasteiger partial charge in [0.15, 0.2) is 0 Å². The predicted molar refractivity (Wildman–Crippen MR) is 173 cm³/mol. The van der Waals surface area contributed by atoms with E-state index in [2.05, 4.69) is 115 Å². The Hall–Kier alpha value is -4.75. The summed E-state index contributed by atoms with van der Waals surface area (Å²) >= 11 is 3.66. The Balaban J connectivity index is 1.45. The second kappa shape index (κ2) is 9.17. The van der Waals surface area contributed by atoms with Crippen molar-refractivity contribution in [3.05, 3.63) is 133 Å². The van der Waals surface area contributed by atoms with Crippen molar-refractivity contribution in [1.29, 1.82) is 5.26 Å². The lowest BCUT2D eigenvalue weighted by Crippen LogP contribution is -1.92. The number of nitriles is 1. The molecule has 0 atom stereocenters. The van der Waals surface area contributed by atoms with Gasteiger partial charge in [-0.1, -0.05) is 97.1 Å². The molecule has 0 bridgehead atoms. The molecule has 8 aromatic rings. The van der Waals surface area contributed by atoms with Crippen LogP contribution in [-0.4, -0.2) is 0 Å². The highest BCUT2D eigenvalue weighted by Crippen LogP contribution is 2.45. The number of fused-ring (bicyclic) bond motifs is 6. The van der Waals surface area contributed by atoms with Crippen LogP contribution in [0.15, 0.2) is 127 Å². The standard InChI is InChI=1S/C37H21NS2/c38-22-25-19-33(30-14-8-13-29-27-12-5-7-16-35(27)40-37(29)30)32(21-31(25)23-9-2-1-3-10-23)24-17-18-28-26-11-4-6-15-34(26)39-36(28)20-24/h1-21H. The van der Waals surface area contributed by atoms with Crippen LogP contribution in [0.25, 0.3) is 73.7 Å². The molecule has 0 aliphatic rings. The van der Waals surface area contributed by atoms with Crippen molar-refractivity contribution in [2.45, 2.75) is 0 Å². The van der Waals surface area contributed by atoms with E-state index in [-0.39, 0.29) is 0 Å². The number of hydrogen-bond acceptors (Lipinski definition) is 3. The third kappa shape index (κ3) is 3.58. The van der Waals surface area contributed by atoms with Crippen LogP contribution < -0.4 is 0 Å². The lowest BCUT2D eigenvalue weighted by molar-refractivity contribution is 1.47. The molecule has 0 fully saturated rings. The topological polar surface area (TPSA) is 23.8 Å². The van der Waals surface area contributed by atoms with Crippen LogP contribution >= 0.6 is 22.7 Å². The molecule has 0 aliphatic carbocycles. The van der Waals surface area contributed by atoms with Crippen molar-refractivity contribution in [3.8, 4) is 39.4 Å². The molecule has 0 saturated carbocycles. The smallest absolute Gasteiger partial charge is 0.0998 e. The van der Waals surface area contributed by atoms with Gasteiger partial charge in [-0.15, -0.1) is 22.7 Å². The van der Waals surface area contributed by atoms with Gasteiger partial charge in [0.2, 0.25) is 0 Å². The molecule has 2 aromatic heterocycles. The average molecular weight is 544 g/mol. The first-order valence-electron chi connectivity index (χ1n) is 13.2. The third-order valence-corrected chi connectivity index (χ3v) is 10.1. The number of benzene rings is 6. The van der Waals surface area contributed by atoms with Crippen molar-refractivity contribution in [2.75, 3.05) is 0 Å². The van der Waals surface area contributed by atoms with Crippen LogP contribution in [0.5, 0.6) is 0 Å². The summed E-state index contributed by atoms with van der Waals surface area (Å²) in [6.45, 7) is 0. The Bertz CT molecular complexity index is 2280. The Labute approximate surface area is 239 Å². The molecule has 186 valence electrons. The minimum Gasteiger partial charge on any atom is -0.192 e. The summed E-state index contributed by atoms with van der Waals surface area (Å²) in [5.74, 6) is 0. The minimum atomic E-state index is 0.686. The maximum Gasteiger partial charge on any atom is 0.0998 e. The summed E-state index contributed by atoms with van der Waals surface area (Å²) in [4.78, 5) is 0. The molecule has 0 saturated heterocycles. The summed E-state index contributed by atoms with van der Waals surface area (Å²) in [6.07, 6.45) is 0. The summed E-state index contributed by atoms with van der Waals surface area (Å²) in [6, 6.07) is 47.7. The first-order valence-corrected chi connectivity index (χ1v) is 14.9. The number of hydrogen-bond donors (Lipinski definition) is 0. The van der Waals surface area contributed by atoms with Crippen LogP contribution in [0.1, 0.15) is 5.56 Å². The van der Waals surface area contributed by atoms with E-state index < -0.39 is 0 Å². The number of nitrogens with zero attached hydrogens (tertiary/aromatic N) is 1. The largest absolute Gasteiger partial charge is 0.192 e. The maximum atomic E-state index is 10.3. The first kappa shape index (κ1) is 23.2. The molecule has 2 heterocycles. The molecule has 0 spiro atoms. The van der Waals surface area contributed by atoms with Gasteiger partial charge < -0.3 is 0 Å². The molecule has 3 heteroatoms. The van der Waals surface area contributed by atoms with Crippen molar-refractivity contribution >= 4 is 63.0 Å². The van der Waals surface area contributed by atoms with Crippen molar-refractivity contribution in [3.63, 3.8) is 0 Å². The van der Waals surface area contributed by atoms with Gasteiger partial charge in [0.1, 0.15) is 0 Å². The molecular formula is C37H21NS2. The highest BCUT2D eigenvalue weighted by atomic mass is 32.1. The maximum absolute atomic E-state index is 10.3. The lowest BCUT2D eigenvalue weighted by atomic mass is 9.87.